The quantitative estimate of drug-likeness (QED) is 0.766. The summed E-state index contributed by atoms with van der Waals surface area (Å²) < 4.78 is 41.4. The topological polar surface area (TPSA) is 51.2 Å². The Labute approximate surface area is 141 Å². The van der Waals surface area contributed by atoms with Crippen LogP contribution in [0.25, 0.3) is 10.6 Å². The molecule has 1 N–H and O–H groups in total. The summed E-state index contributed by atoms with van der Waals surface area (Å²) in [7, 11) is 0. The van der Waals surface area contributed by atoms with Crippen LogP contribution >= 0.6 is 11.3 Å². The number of nitrogens with one attached hydrogen (secondary N) is 1. The second-order valence-electron chi connectivity index (χ2n) is 4.97. The molecule has 0 atom stereocenters. The predicted octanol–water partition coefficient (Wildman–Crippen LogP) is 3.82. The standard InChI is InChI=1S/C16H17F3N2O2S/c1-2-13-10-21-14(24-13)11-4-6-12(7-5-11)23-9-3-8-20-15(22)16(17,18)19/h4-7,10H,2-3,8-9H2,1H3,(H,20,22). The van der Waals surface area contributed by atoms with Crippen molar-refractivity contribution >= 4 is 17.2 Å². The van der Waals surface area contributed by atoms with Crippen LogP contribution in [0, 0.1) is 0 Å². The summed E-state index contributed by atoms with van der Waals surface area (Å²) in [6.45, 7) is 2.20. The summed E-state index contributed by atoms with van der Waals surface area (Å²) in [6.07, 6.45) is -1.75. The minimum Gasteiger partial charge on any atom is -0.494 e. The molecule has 2 rings (SSSR count). The number of rotatable bonds is 7. The van der Waals surface area contributed by atoms with E-state index in [1.807, 2.05) is 18.3 Å². The Bertz CT molecular complexity index is 669. The monoisotopic (exact) mass is 358 g/mol. The highest BCUT2D eigenvalue weighted by Crippen LogP contribution is 2.27. The largest absolute Gasteiger partial charge is 0.494 e. The van der Waals surface area contributed by atoms with E-state index >= 15 is 0 Å². The van der Waals surface area contributed by atoms with Gasteiger partial charge in [0.25, 0.3) is 0 Å². The van der Waals surface area contributed by atoms with Crippen LogP contribution in [-0.2, 0) is 11.2 Å². The lowest BCUT2D eigenvalue weighted by Crippen LogP contribution is -2.37. The first-order valence-corrected chi connectivity index (χ1v) is 8.24. The van der Waals surface area contributed by atoms with Crippen LogP contribution in [-0.4, -0.2) is 30.2 Å². The number of hydrogen-bond donors (Lipinski definition) is 1. The molecule has 4 nitrogen and oxygen atoms in total. The fourth-order valence-electron chi connectivity index (χ4n) is 1.86. The van der Waals surface area contributed by atoms with Crippen molar-refractivity contribution in [2.24, 2.45) is 0 Å². The van der Waals surface area contributed by atoms with Gasteiger partial charge in [-0.1, -0.05) is 6.92 Å². The zero-order valence-electron chi connectivity index (χ0n) is 13.0. The van der Waals surface area contributed by atoms with Crippen molar-refractivity contribution in [1.82, 2.24) is 10.3 Å². The normalized spacial score (nSPS) is 11.3. The lowest BCUT2D eigenvalue weighted by atomic mass is 10.2. The van der Waals surface area contributed by atoms with Gasteiger partial charge in [0.1, 0.15) is 10.8 Å². The van der Waals surface area contributed by atoms with Crippen molar-refractivity contribution in [1.29, 1.82) is 0 Å². The van der Waals surface area contributed by atoms with E-state index in [4.69, 9.17) is 4.74 Å². The molecular weight excluding hydrogens is 341 g/mol. The molecule has 0 saturated carbocycles. The van der Waals surface area contributed by atoms with Gasteiger partial charge in [-0.3, -0.25) is 4.79 Å². The molecule has 0 unspecified atom stereocenters. The van der Waals surface area contributed by atoms with E-state index in [1.165, 1.54) is 4.88 Å². The number of aryl methyl sites for hydroxylation is 1. The van der Waals surface area contributed by atoms with Crippen molar-refractivity contribution in [2.75, 3.05) is 13.2 Å². The number of nitrogens with zero attached hydrogens (tertiary/aromatic N) is 1. The van der Waals surface area contributed by atoms with Crippen LogP contribution in [0.1, 0.15) is 18.2 Å². The van der Waals surface area contributed by atoms with Gasteiger partial charge in [-0.25, -0.2) is 4.98 Å². The molecule has 0 fully saturated rings. The number of hydrogen-bond acceptors (Lipinski definition) is 4. The number of thiazole rings is 1. The van der Waals surface area contributed by atoms with Gasteiger partial charge in [-0.15, -0.1) is 11.3 Å². The van der Waals surface area contributed by atoms with Gasteiger partial charge in [-0.2, -0.15) is 13.2 Å². The van der Waals surface area contributed by atoms with Crippen molar-refractivity contribution in [2.45, 2.75) is 25.9 Å². The molecule has 1 aromatic carbocycles. The Morgan fingerprint density at radius 3 is 2.58 bits per heavy atom. The highest BCUT2D eigenvalue weighted by Gasteiger charge is 2.38. The van der Waals surface area contributed by atoms with Gasteiger partial charge in [0, 0.05) is 23.2 Å². The number of halogens is 3. The number of amides is 1. The first-order valence-electron chi connectivity index (χ1n) is 7.43. The maximum atomic E-state index is 12.0. The second kappa shape index (κ2) is 8.14. The molecule has 2 aromatic rings. The first-order chi connectivity index (χ1) is 11.4. The molecule has 0 bridgehead atoms. The lowest BCUT2D eigenvalue weighted by molar-refractivity contribution is -0.173. The maximum absolute atomic E-state index is 12.0. The van der Waals surface area contributed by atoms with Gasteiger partial charge >= 0.3 is 12.1 Å². The Morgan fingerprint density at radius 1 is 1.29 bits per heavy atom. The molecular formula is C16H17F3N2O2S. The van der Waals surface area contributed by atoms with Crippen LogP contribution in [0.2, 0.25) is 0 Å². The molecule has 1 heterocycles. The molecule has 0 spiro atoms. The zero-order chi connectivity index (χ0) is 17.6. The Balaban J connectivity index is 1.75. The molecule has 1 amide bonds. The van der Waals surface area contributed by atoms with E-state index in [2.05, 4.69) is 11.9 Å². The molecule has 0 aliphatic heterocycles. The van der Waals surface area contributed by atoms with Crippen molar-refractivity contribution in [3.8, 4) is 16.3 Å². The van der Waals surface area contributed by atoms with Crippen LogP contribution in [0.5, 0.6) is 5.75 Å². The SMILES string of the molecule is CCc1cnc(-c2ccc(OCCCNC(=O)C(F)(F)F)cc2)s1. The van der Waals surface area contributed by atoms with Gasteiger partial charge < -0.3 is 10.1 Å². The molecule has 24 heavy (non-hydrogen) atoms. The van der Waals surface area contributed by atoms with Crippen molar-refractivity contribution in [3.63, 3.8) is 0 Å². The number of carbonyl (C=O) groups is 1. The summed E-state index contributed by atoms with van der Waals surface area (Å²) in [5.41, 5.74) is 0.990. The molecule has 1 aromatic heterocycles. The minimum atomic E-state index is -4.84. The Hall–Kier alpha value is -2.09. The van der Waals surface area contributed by atoms with Crippen LogP contribution in [0.3, 0.4) is 0 Å². The highest BCUT2D eigenvalue weighted by atomic mass is 32.1. The van der Waals surface area contributed by atoms with Gasteiger partial charge in [0.05, 0.1) is 6.61 Å². The molecule has 130 valence electrons. The van der Waals surface area contributed by atoms with E-state index in [9.17, 15) is 18.0 Å². The number of aromatic nitrogens is 1. The van der Waals surface area contributed by atoms with Gasteiger partial charge in [0.2, 0.25) is 0 Å². The lowest BCUT2D eigenvalue weighted by Gasteiger charge is -2.09. The van der Waals surface area contributed by atoms with E-state index in [-0.39, 0.29) is 19.6 Å². The summed E-state index contributed by atoms with van der Waals surface area (Å²) in [6, 6.07) is 7.35. The molecule has 0 aliphatic carbocycles. The Kier molecular flexibility index (Phi) is 6.19. The van der Waals surface area contributed by atoms with Gasteiger partial charge in [-0.05, 0) is 37.1 Å². The van der Waals surface area contributed by atoms with E-state index < -0.39 is 12.1 Å². The molecule has 0 aliphatic rings. The number of ether oxygens (including phenoxy) is 1. The van der Waals surface area contributed by atoms with E-state index in [0.717, 1.165) is 17.0 Å². The van der Waals surface area contributed by atoms with Crippen molar-refractivity contribution < 1.29 is 22.7 Å². The van der Waals surface area contributed by atoms with Crippen LogP contribution in [0.4, 0.5) is 13.2 Å². The fraction of sp³-hybridized carbons (Fsp3) is 0.375. The highest BCUT2D eigenvalue weighted by molar-refractivity contribution is 7.15. The third kappa shape index (κ3) is 5.23. The first kappa shape index (κ1) is 18.3. The number of benzene rings is 1. The fourth-order valence-corrected chi connectivity index (χ4v) is 2.72. The zero-order valence-corrected chi connectivity index (χ0v) is 13.8. The molecule has 0 saturated heterocycles. The summed E-state index contributed by atoms with van der Waals surface area (Å²) >= 11 is 1.64. The maximum Gasteiger partial charge on any atom is 0.471 e. The van der Waals surface area contributed by atoms with E-state index in [1.54, 1.807) is 28.8 Å². The summed E-state index contributed by atoms with van der Waals surface area (Å²) in [5.74, 6) is -1.31. The third-order valence-corrected chi connectivity index (χ3v) is 4.33. The summed E-state index contributed by atoms with van der Waals surface area (Å²) in [4.78, 5) is 16.2. The molecule has 8 heteroatoms. The number of carbonyl (C=O) groups excluding carboxylic acids is 1. The van der Waals surface area contributed by atoms with Crippen LogP contribution < -0.4 is 10.1 Å². The Morgan fingerprint density at radius 2 is 2.00 bits per heavy atom. The second-order valence-corrected chi connectivity index (χ2v) is 6.08. The molecule has 0 radical (unpaired) electrons. The number of alkyl halides is 3. The predicted molar refractivity (Wildman–Crippen MR) is 86.1 cm³/mol. The van der Waals surface area contributed by atoms with Crippen molar-refractivity contribution in [3.05, 3.63) is 35.3 Å². The average molecular weight is 358 g/mol. The van der Waals surface area contributed by atoms with Gasteiger partial charge in [0.15, 0.2) is 0 Å². The van der Waals surface area contributed by atoms with Crippen LogP contribution in [0.15, 0.2) is 30.5 Å². The third-order valence-electron chi connectivity index (χ3n) is 3.14. The average Bonchev–Trinajstić information content (AvgIpc) is 3.03. The minimum absolute atomic E-state index is 0.0880. The smallest absolute Gasteiger partial charge is 0.471 e. The summed E-state index contributed by atoms with van der Waals surface area (Å²) in [5, 5.41) is 2.73. The van der Waals surface area contributed by atoms with E-state index in [0.29, 0.717) is 5.75 Å².